The highest BCUT2D eigenvalue weighted by Gasteiger charge is 2.36. The fourth-order valence-electron chi connectivity index (χ4n) is 2.02. The number of aromatic hydroxyl groups is 1. The van der Waals surface area contributed by atoms with Crippen LogP contribution in [-0.4, -0.2) is 16.3 Å². The molecule has 0 atom stereocenters. The summed E-state index contributed by atoms with van der Waals surface area (Å²) < 4.78 is 0. The van der Waals surface area contributed by atoms with Gasteiger partial charge in [-0.25, -0.2) is 4.90 Å². The molecule has 2 aromatic rings. The van der Waals surface area contributed by atoms with Crippen LogP contribution in [0.5, 0.6) is 5.75 Å². The molecule has 0 bridgehead atoms. The Morgan fingerprint density at radius 1 is 1.00 bits per heavy atom. The van der Waals surface area contributed by atoms with E-state index < -0.39 is 0 Å². The van der Waals surface area contributed by atoms with E-state index in [-0.39, 0.29) is 16.9 Å². The minimum absolute atomic E-state index is 0.0126. The highest BCUT2D eigenvalue weighted by Crippen LogP contribution is 2.36. The van der Waals surface area contributed by atoms with Crippen LogP contribution in [0.2, 0.25) is 0 Å². The molecule has 0 unspecified atom stereocenters. The summed E-state index contributed by atoms with van der Waals surface area (Å²) in [6.07, 6.45) is 1.69. The molecule has 1 heterocycles. The van der Waals surface area contributed by atoms with E-state index in [1.165, 1.54) is 12.1 Å². The van der Waals surface area contributed by atoms with Crippen LogP contribution in [0, 0.1) is 0 Å². The second-order valence-corrected chi connectivity index (χ2v) is 5.44. The number of amides is 2. The van der Waals surface area contributed by atoms with Gasteiger partial charge in [0.2, 0.25) is 0 Å². The van der Waals surface area contributed by atoms with Gasteiger partial charge in [0.1, 0.15) is 5.75 Å². The van der Waals surface area contributed by atoms with Crippen LogP contribution in [0.4, 0.5) is 10.5 Å². The maximum atomic E-state index is 12.4. The van der Waals surface area contributed by atoms with E-state index in [1.54, 1.807) is 18.2 Å². The first-order valence-corrected chi connectivity index (χ1v) is 7.09. The highest BCUT2D eigenvalue weighted by atomic mass is 32.2. The third-order valence-corrected chi connectivity index (χ3v) is 3.85. The second kappa shape index (κ2) is 5.46. The van der Waals surface area contributed by atoms with Crippen molar-refractivity contribution < 1.29 is 14.7 Å². The van der Waals surface area contributed by atoms with Gasteiger partial charge in [-0.15, -0.1) is 0 Å². The topological polar surface area (TPSA) is 57.6 Å². The first-order chi connectivity index (χ1) is 10.1. The number of hydrogen-bond acceptors (Lipinski definition) is 4. The normalized spacial score (nSPS) is 16.8. The average Bonchev–Trinajstić information content (AvgIpc) is 2.74. The summed E-state index contributed by atoms with van der Waals surface area (Å²) in [6.45, 7) is 0. The quantitative estimate of drug-likeness (QED) is 0.860. The van der Waals surface area contributed by atoms with E-state index in [1.807, 2.05) is 30.3 Å². The van der Waals surface area contributed by atoms with Crippen molar-refractivity contribution in [1.82, 2.24) is 0 Å². The molecule has 0 radical (unpaired) electrons. The van der Waals surface area contributed by atoms with Crippen molar-refractivity contribution in [3.8, 4) is 5.75 Å². The molecular weight excluding hydrogens is 286 g/mol. The summed E-state index contributed by atoms with van der Waals surface area (Å²) in [6, 6.07) is 15.4. The van der Waals surface area contributed by atoms with Crippen LogP contribution in [0.15, 0.2) is 59.5 Å². The standard InChI is InChI=1S/C16H11NO3S/c18-13-8-4-7-12(10-13)17-15(19)14(21-16(17)20)9-11-5-2-1-3-6-11/h1-10,18H/b14-9+. The van der Waals surface area contributed by atoms with E-state index >= 15 is 0 Å². The number of thioether (sulfide) groups is 1. The summed E-state index contributed by atoms with van der Waals surface area (Å²) in [5, 5.41) is 9.11. The van der Waals surface area contributed by atoms with Crippen LogP contribution < -0.4 is 4.90 Å². The molecule has 5 heteroatoms. The number of hydrogen-bond donors (Lipinski definition) is 1. The Balaban J connectivity index is 1.94. The molecule has 0 saturated carbocycles. The largest absolute Gasteiger partial charge is 0.508 e. The van der Waals surface area contributed by atoms with Crippen molar-refractivity contribution in [2.75, 3.05) is 4.90 Å². The van der Waals surface area contributed by atoms with E-state index in [0.29, 0.717) is 10.6 Å². The lowest BCUT2D eigenvalue weighted by atomic mass is 10.2. The number of phenols is 1. The molecule has 1 N–H and O–H groups in total. The molecule has 3 rings (SSSR count). The fraction of sp³-hybridized carbons (Fsp3) is 0. The summed E-state index contributed by atoms with van der Waals surface area (Å²) in [5.41, 5.74) is 1.23. The number of benzene rings is 2. The van der Waals surface area contributed by atoms with Gasteiger partial charge in [0, 0.05) is 6.07 Å². The summed E-state index contributed by atoms with van der Waals surface area (Å²) >= 11 is 0.894. The summed E-state index contributed by atoms with van der Waals surface area (Å²) in [7, 11) is 0. The summed E-state index contributed by atoms with van der Waals surface area (Å²) in [4.78, 5) is 25.8. The van der Waals surface area contributed by atoms with Gasteiger partial charge < -0.3 is 5.11 Å². The van der Waals surface area contributed by atoms with Crippen LogP contribution >= 0.6 is 11.8 Å². The van der Waals surface area contributed by atoms with Crippen LogP contribution in [0.3, 0.4) is 0 Å². The Labute approximate surface area is 125 Å². The zero-order valence-electron chi connectivity index (χ0n) is 10.9. The SMILES string of the molecule is O=C1S/C(=C/c2ccccc2)C(=O)N1c1cccc(O)c1. The predicted molar refractivity (Wildman–Crippen MR) is 83.0 cm³/mol. The predicted octanol–water partition coefficient (Wildman–Crippen LogP) is 3.63. The Bertz CT molecular complexity index is 740. The number of nitrogens with zero attached hydrogens (tertiary/aromatic N) is 1. The fourth-order valence-corrected chi connectivity index (χ4v) is 2.86. The van der Waals surface area contributed by atoms with Crippen molar-refractivity contribution in [3.63, 3.8) is 0 Å². The van der Waals surface area contributed by atoms with Gasteiger partial charge in [-0.05, 0) is 35.5 Å². The molecule has 4 nitrogen and oxygen atoms in total. The van der Waals surface area contributed by atoms with E-state index in [2.05, 4.69) is 0 Å². The van der Waals surface area contributed by atoms with E-state index in [0.717, 1.165) is 22.2 Å². The maximum Gasteiger partial charge on any atom is 0.298 e. The molecule has 1 aliphatic heterocycles. The Hall–Kier alpha value is -2.53. The molecular formula is C16H11NO3S. The Kier molecular flexibility index (Phi) is 3.50. The van der Waals surface area contributed by atoms with Gasteiger partial charge in [0.25, 0.3) is 11.1 Å². The third-order valence-electron chi connectivity index (χ3n) is 2.98. The van der Waals surface area contributed by atoms with Crippen LogP contribution in [0.25, 0.3) is 6.08 Å². The molecule has 0 spiro atoms. The lowest BCUT2D eigenvalue weighted by Gasteiger charge is -2.12. The minimum Gasteiger partial charge on any atom is -0.508 e. The Morgan fingerprint density at radius 3 is 2.48 bits per heavy atom. The molecule has 0 aliphatic carbocycles. The molecule has 0 aromatic heterocycles. The van der Waals surface area contributed by atoms with Crippen LogP contribution in [0.1, 0.15) is 5.56 Å². The molecule has 104 valence electrons. The van der Waals surface area contributed by atoms with Gasteiger partial charge in [0.05, 0.1) is 10.6 Å². The number of rotatable bonds is 2. The number of phenolic OH excluding ortho intramolecular Hbond substituents is 1. The van der Waals surface area contributed by atoms with Gasteiger partial charge >= 0.3 is 0 Å². The van der Waals surface area contributed by atoms with E-state index in [4.69, 9.17) is 0 Å². The van der Waals surface area contributed by atoms with Crippen molar-refractivity contribution in [3.05, 3.63) is 65.1 Å². The second-order valence-electron chi connectivity index (χ2n) is 4.45. The zero-order valence-corrected chi connectivity index (χ0v) is 11.7. The van der Waals surface area contributed by atoms with Crippen molar-refractivity contribution in [2.45, 2.75) is 0 Å². The monoisotopic (exact) mass is 297 g/mol. The van der Waals surface area contributed by atoms with Gasteiger partial charge in [0.15, 0.2) is 0 Å². The molecule has 21 heavy (non-hydrogen) atoms. The number of anilines is 1. The van der Waals surface area contributed by atoms with Gasteiger partial charge in [-0.3, -0.25) is 9.59 Å². The number of carbonyl (C=O) groups excluding carboxylic acids is 2. The summed E-state index contributed by atoms with van der Waals surface area (Å²) in [5.74, 6) is -0.363. The van der Waals surface area contributed by atoms with Crippen molar-refractivity contribution in [2.24, 2.45) is 0 Å². The molecule has 2 aromatic carbocycles. The maximum absolute atomic E-state index is 12.4. The van der Waals surface area contributed by atoms with Crippen molar-refractivity contribution >= 4 is 34.7 Å². The smallest absolute Gasteiger partial charge is 0.298 e. The van der Waals surface area contributed by atoms with Gasteiger partial charge in [-0.2, -0.15) is 0 Å². The lowest BCUT2D eigenvalue weighted by Crippen LogP contribution is -2.27. The highest BCUT2D eigenvalue weighted by molar-refractivity contribution is 8.19. The van der Waals surface area contributed by atoms with Gasteiger partial charge in [-0.1, -0.05) is 36.4 Å². The van der Waals surface area contributed by atoms with E-state index in [9.17, 15) is 14.7 Å². The molecule has 1 saturated heterocycles. The van der Waals surface area contributed by atoms with Crippen LogP contribution in [-0.2, 0) is 4.79 Å². The first kappa shape index (κ1) is 13.5. The zero-order chi connectivity index (χ0) is 14.8. The third kappa shape index (κ3) is 2.68. The average molecular weight is 297 g/mol. The molecule has 2 amide bonds. The van der Waals surface area contributed by atoms with Crippen molar-refractivity contribution in [1.29, 1.82) is 0 Å². The molecule has 1 fully saturated rings. The minimum atomic E-state index is -0.376. The molecule has 1 aliphatic rings. The number of imide groups is 1. The number of carbonyl (C=O) groups is 2. The lowest BCUT2D eigenvalue weighted by molar-refractivity contribution is -0.113. The first-order valence-electron chi connectivity index (χ1n) is 6.27. The Morgan fingerprint density at radius 2 is 1.76 bits per heavy atom.